The summed E-state index contributed by atoms with van der Waals surface area (Å²) in [5.41, 5.74) is 2.26. The molecule has 0 saturated carbocycles. The predicted octanol–water partition coefficient (Wildman–Crippen LogP) is 4.54. The molecule has 2 aliphatic heterocycles. The minimum atomic E-state index is -4.39. The van der Waals surface area contributed by atoms with Gasteiger partial charge in [-0.15, -0.1) is 4.31 Å². The van der Waals surface area contributed by atoms with Crippen molar-refractivity contribution < 1.29 is 27.2 Å². The predicted molar refractivity (Wildman–Crippen MR) is 159 cm³/mol. The Morgan fingerprint density at radius 2 is 1.83 bits per heavy atom. The third-order valence-electron chi connectivity index (χ3n) is 7.52. The molecular weight excluding hydrogens is 567 g/mol. The van der Waals surface area contributed by atoms with Crippen molar-refractivity contribution in [3.8, 4) is 17.6 Å². The fourth-order valence-corrected chi connectivity index (χ4v) is 6.47. The molecule has 0 radical (unpaired) electrons. The molecule has 1 atom stereocenters. The molecule has 3 aromatic rings. The number of alkyl halides is 3. The fraction of sp³-hybridized carbons (Fsp3) is 0.467. The molecule has 1 aromatic heterocycles. The van der Waals surface area contributed by atoms with Crippen LogP contribution in [0.5, 0.6) is 5.75 Å². The molecule has 0 amide bonds. The van der Waals surface area contributed by atoms with Gasteiger partial charge in [-0.05, 0) is 69.2 Å². The number of rotatable bonds is 8. The zero-order valence-corrected chi connectivity index (χ0v) is 24.6. The van der Waals surface area contributed by atoms with Gasteiger partial charge in [-0.25, -0.2) is 0 Å². The molecule has 2 fully saturated rings. The Balaban J connectivity index is 1.33. The molecule has 0 bridgehead atoms. The number of hydrogen-bond donors (Lipinski definition) is 2. The summed E-state index contributed by atoms with van der Waals surface area (Å²) in [5, 5.41) is 7.45. The highest BCUT2D eigenvalue weighted by atomic mass is 32.2. The van der Waals surface area contributed by atoms with E-state index in [0.717, 1.165) is 37.0 Å². The zero-order chi connectivity index (χ0) is 29.7. The lowest BCUT2D eigenvalue weighted by Crippen LogP contribution is -2.40. The summed E-state index contributed by atoms with van der Waals surface area (Å²) in [5.74, 6) is 6.43. The van der Waals surface area contributed by atoms with Gasteiger partial charge in [0.1, 0.15) is 12.3 Å². The summed E-state index contributed by atoms with van der Waals surface area (Å²) in [7, 11) is 3.62. The van der Waals surface area contributed by atoms with Crippen molar-refractivity contribution in [1.82, 2.24) is 13.8 Å². The molecule has 12 heteroatoms. The minimum absolute atomic E-state index is 0.177. The number of benzene rings is 2. The number of methoxy groups -OCH3 is 1. The Hall–Kier alpha value is -3.08. The lowest BCUT2D eigenvalue weighted by atomic mass is 10.0. The van der Waals surface area contributed by atoms with E-state index in [9.17, 15) is 17.7 Å². The van der Waals surface area contributed by atoms with E-state index in [2.05, 4.69) is 34.4 Å². The maximum Gasteiger partial charge on any atom is 0.406 e. The lowest BCUT2D eigenvalue weighted by Gasteiger charge is -2.30. The standard InChI is InChI=1S/C30H36F3N5O3S/c1-36-13-10-22(11-14-36)35-26-6-3-7-28-25(26)19-23(38(28)21-30(31,32)33)5-4-12-34-27-9-8-24(20-29(27)40-2)42(39)37-15-17-41-18-16-37/h3,6-9,19-20,22,34-35H,10-18,21H2,1-2H3. The Morgan fingerprint density at radius 3 is 2.55 bits per heavy atom. The van der Waals surface area contributed by atoms with Gasteiger partial charge in [0.05, 0.1) is 68.2 Å². The van der Waals surface area contributed by atoms with E-state index in [1.54, 1.807) is 36.4 Å². The summed E-state index contributed by atoms with van der Waals surface area (Å²) in [6.07, 6.45) is -2.45. The van der Waals surface area contributed by atoms with Crippen LogP contribution in [0.4, 0.5) is 24.5 Å². The molecule has 2 aliphatic rings. The van der Waals surface area contributed by atoms with Gasteiger partial charge in [-0.3, -0.25) is 0 Å². The van der Waals surface area contributed by atoms with Gasteiger partial charge in [0.15, 0.2) is 4.90 Å². The first-order valence-corrected chi connectivity index (χ1v) is 15.1. The molecule has 0 spiro atoms. The molecule has 226 valence electrons. The van der Waals surface area contributed by atoms with Crippen molar-refractivity contribution >= 4 is 33.6 Å². The molecule has 2 N–H and O–H groups in total. The smallest absolute Gasteiger partial charge is 0.406 e. The monoisotopic (exact) mass is 603 g/mol. The van der Waals surface area contributed by atoms with E-state index in [1.165, 1.54) is 11.7 Å². The van der Waals surface area contributed by atoms with Gasteiger partial charge in [0.25, 0.3) is 0 Å². The average Bonchev–Trinajstić information content (AvgIpc) is 3.33. The van der Waals surface area contributed by atoms with Gasteiger partial charge >= 0.3 is 6.18 Å². The number of anilines is 2. The number of piperidine rings is 1. The highest BCUT2D eigenvalue weighted by Gasteiger charge is 2.30. The largest absolute Gasteiger partial charge is 0.593 e. The summed E-state index contributed by atoms with van der Waals surface area (Å²) in [4.78, 5) is 2.89. The number of hydrogen-bond acceptors (Lipinski definition) is 7. The molecule has 42 heavy (non-hydrogen) atoms. The highest BCUT2D eigenvalue weighted by molar-refractivity contribution is 7.89. The third kappa shape index (κ3) is 7.46. The van der Waals surface area contributed by atoms with Crippen LogP contribution < -0.4 is 15.4 Å². The van der Waals surface area contributed by atoms with Crippen molar-refractivity contribution in [3.05, 3.63) is 48.2 Å². The fourth-order valence-electron chi connectivity index (χ4n) is 5.30. The van der Waals surface area contributed by atoms with Crippen LogP contribution in [0.25, 0.3) is 10.9 Å². The van der Waals surface area contributed by atoms with Crippen LogP contribution in [0.1, 0.15) is 18.5 Å². The number of nitrogens with zero attached hydrogens (tertiary/aromatic N) is 3. The summed E-state index contributed by atoms with van der Waals surface area (Å²) in [6.45, 7) is 3.27. The Bertz CT molecular complexity index is 1420. The Kier molecular flexibility index (Phi) is 9.75. The van der Waals surface area contributed by atoms with E-state index >= 15 is 0 Å². The van der Waals surface area contributed by atoms with Gasteiger partial charge < -0.3 is 34.1 Å². The van der Waals surface area contributed by atoms with Crippen LogP contribution in [0.15, 0.2) is 47.4 Å². The molecule has 2 saturated heterocycles. The van der Waals surface area contributed by atoms with Crippen LogP contribution in [-0.2, 0) is 22.6 Å². The lowest BCUT2D eigenvalue weighted by molar-refractivity contribution is -0.140. The van der Waals surface area contributed by atoms with Crippen LogP contribution in [0, 0.1) is 11.8 Å². The van der Waals surface area contributed by atoms with Gasteiger partial charge in [0.2, 0.25) is 0 Å². The van der Waals surface area contributed by atoms with E-state index in [1.807, 2.05) is 10.4 Å². The minimum Gasteiger partial charge on any atom is -0.593 e. The molecule has 3 heterocycles. The quantitative estimate of drug-likeness (QED) is 0.289. The van der Waals surface area contributed by atoms with Crippen LogP contribution in [0.2, 0.25) is 0 Å². The maximum atomic E-state index is 13.6. The Labute approximate surface area is 247 Å². The maximum absolute atomic E-state index is 13.6. The van der Waals surface area contributed by atoms with E-state index in [4.69, 9.17) is 9.47 Å². The Morgan fingerprint density at radius 1 is 1.07 bits per heavy atom. The first-order valence-electron chi connectivity index (χ1n) is 14.0. The van der Waals surface area contributed by atoms with Crippen molar-refractivity contribution in [2.45, 2.75) is 36.5 Å². The van der Waals surface area contributed by atoms with E-state index in [-0.39, 0.29) is 12.6 Å². The molecule has 5 rings (SSSR count). The second kappa shape index (κ2) is 13.5. The van der Waals surface area contributed by atoms with E-state index in [0.29, 0.717) is 53.8 Å². The highest BCUT2D eigenvalue weighted by Crippen LogP contribution is 2.32. The van der Waals surface area contributed by atoms with Crippen molar-refractivity contribution in [2.75, 3.05) is 70.7 Å². The van der Waals surface area contributed by atoms with E-state index < -0.39 is 24.1 Å². The number of ether oxygens (including phenoxy) is 2. The van der Waals surface area contributed by atoms with Gasteiger partial charge in [0, 0.05) is 23.2 Å². The number of morpholine rings is 1. The van der Waals surface area contributed by atoms with Crippen molar-refractivity contribution in [3.63, 3.8) is 0 Å². The molecule has 1 unspecified atom stereocenters. The SMILES string of the molecule is COc1cc([S+]([O-])N2CCOCC2)ccc1NCC#Cc1cc2c(NC3CCN(C)CC3)cccc2n1CC(F)(F)F. The third-order valence-corrected chi connectivity index (χ3v) is 9.02. The molecule has 2 aromatic carbocycles. The summed E-state index contributed by atoms with van der Waals surface area (Å²) < 4.78 is 67.7. The number of halogens is 3. The number of nitrogens with one attached hydrogen (secondary N) is 2. The summed E-state index contributed by atoms with van der Waals surface area (Å²) >= 11 is -1.33. The molecule has 0 aliphatic carbocycles. The first-order chi connectivity index (χ1) is 20.2. The average molecular weight is 604 g/mol. The van der Waals surface area contributed by atoms with Gasteiger partial charge in [-0.1, -0.05) is 12.0 Å². The number of fused-ring (bicyclic) bond motifs is 1. The second-order valence-electron chi connectivity index (χ2n) is 10.5. The second-order valence-corrected chi connectivity index (χ2v) is 12.0. The van der Waals surface area contributed by atoms with Crippen molar-refractivity contribution in [1.29, 1.82) is 0 Å². The zero-order valence-electron chi connectivity index (χ0n) is 23.8. The molecule has 8 nitrogen and oxygen atoms in total. The van der Waals surface area contributed by atoms with Crippen LogP contribution in [-0.4, -0.2) is 90.6 Å². The normalized spacial score (nSPS) is 18.0. The number of aromatic nitrogens is 1. The number of likely N-dealkylation sites (tertiary alicyclic amines) is 1. The van der Waals surface area contributed by atoms with Gasteiger partial charge in [-0.2, -0.15) is 13.2 Å². The topological polar surface area (TPSA) is 77.0 Å². The van der Waals surface area contributed by atoms with Crippen LogP contribution in [0.3, 0.4) is 0 Å². The van der Waals surface area contributed by atoms with Crippen molar-refractivity contribution in [2.24, 2.45) is 0 Å². The molecular formula is C30H36F3N5O3S. The first kappa shape index (κ1) is 30.4. The summed E-state index contributed by atoms with van der Waals surface area (Å²) in [6, 6.07) is 12.7. The van der Waals surface area contributed by atoms with Crippen LogP contribution >= 0.6 is 0 Å².